The topological polar surface area (TPSA) is 32.3 Å². The van der Waals surface area contributed by atoms with Crippen LogP contribution in [0.3, 0.4) is 0 Å². The molecule has 3 nitrogen and oxygen atoms in total. The fraction of sp³-hybridized carbons (Fsp3) is 0.600. The Morgan fingerprint density at radius 2 is 1.79 bits per heavy atom. The van der Waals surface area contributed by atoms with Crippen molar-refractivity contribution >= 4 is 8.56 Å². The van der Waals surface area contributed by atoms with Gasteiger partial charge in [-0.3, -0.25) is 0 Å². The molecule has 0 saturated carbocycles. The quantitative estimate of drug-likeness (QED) is 0.614. The van der Waals surface area contributed by atoms with Crippen molar-refractivity contribution in [1.82, 2.24) is 0 Å². The van der Waals surface area contributed by atoms with Gasteiger partial charge >= 0.3 is 0 Å². The molecule has 0 aliphatic carbocycles. The second-order valence-corrected chi connectivity index (χ2v) is 9.43. The third kappa shape index (κ3) is 8.16. The number of rotatable bonds is 2. The van der Waals surface area contributed by atoms with E-state index in [1.165, 1.54) is 5.56 Å². The molecule has 0 amide bonds. The fourth-order valence-corrected chi connectivity index (χ4v) is 3.65. The molecule has 4 heteroatoms. The van der Waals surface area contributed by atoms with Crippen molar-refractivity contribution in [2.75, 3.05) is 27.7 Å². The van der Waals surface area contributed by atoms with Gasteiger partial charge in [0.15, 0.2) is 0 Å². The molecule has 1 saturated heterocycles. The van der Waals surface area contributed by atoms with Gasteiger partial charge in [-0.05, 0) is 12.5 Å². The Labute approximate surface area is 118 Å². The van der Waals surface area contributed by atoms with E-state index in [0.717, 1.165) is 29.9 Å². The highest BCUT2D eigenvalue weighted by Gasteiger charge is 2.16. The van der Waals surface area contributed by atoms with Crippen LogP contribution >= 0.6 is 0 Å². The van der Waals surface area contributed by atoms with Crippen LogP contribution in [-0.2, 0) is 11.0 Å². The van der Waals surface area contributed by atoms with Crippen molar-refractivity contribution in [3.63, 3.8) is 0 Å². The van der Waals surface area contributed by atoms with E-state index in [-0.39, 0.29) is 0 Å². The smallest absolute Gasteiger partial charge is 0.104 e. The molecule has 2 rings (SSSR count). The summed E-state index contributed by atoms with van der Waals surface area (Å²) in [5.41, 5.74) is 1.40. The summed E-state index contributed by atoms with van der Waals surface area (Å²) in [6.07, 6.45) is 2.18. The summed E-state index contributed by atoms with van der Waals surface area (Å²) < 4.78 is 6.04. The average molecular weight is 281 g/mol. The molecule has 1 aliphatic heterocycles. The third-order valence-corrected chi connectivity index (χ3v) is 5.01. The summed E-state index contributed by atoms with van der Waals surface area (Å²) in [5, 5.41) is 0. The lowest BCUT2D eigenvalue weighted by atomic mass is 10.2. The Hall–Kier alpha value is -0.683. The van der Waals surface area contributed by atoms with Crippen LogP contribution in [0.25, 0.3) is 0 Å². The highest BCUT2D eigenvalue weighted by molar-refractivity contribution is 6.62. The van der Waals surface area contributed by atoms with Crippen LogP contribution in [0.2, 0.25) is 12.6 Å². The first-order valence-electron chi connectivity index (χ1n) is 6.97. The van der Waals surface area contributed by atoms with Gasteiger partial charge in [0.2, 0.25) is 0 Å². The first-order valence-corrected chi connectivity index (χ1v) is 9.50. The van der Waals surface area contributed by atoms with Crippen LogP contribution < -0.4 is 4.80 Å². The van der Waals surface area contributed by atoms with Crippen molar-refractivity contribution in [2.45, 2.75) is 32.0 Å². The number of benzene rings is 1. The van der Waals surface area contributed by atoms with Crippen molar-refractivity contribution in [2.24, 2.45) is 0 Å². The van der Waals surface area contributed by atoms with Gasteiger partial charge in [-0.2, -0.15) is 0 Å². The Kier molecular flexibility index (Phi) is 6.20. The fourth-order valence-electron chi connectivity index (χ4n) is 2.04. The average Bonchev–Trinajstić information content (AvgIpc) is 2.28. The van der Waals surface area contributed by atoms with Gasteiger partial charge in [0, 0.05) is 12.2 Å². The maximum absolute atomic E-state index is 11.0. The van der Waals surface area contributed by atoms with E-state index in [2.05, 4.69) is 51.5 Å². The number of nitrogens with zero attached hydrogens (tertiary/aromatic N) is 1. The van der Waals surface area contributed by atoms with Gasteiger partial charge in [0.1, 0.15) is 6.54 Å². The van der Waals surface area contributed by atoms with E-state index in [1.807, 2.05) is 0 Å². The molecule has 1 fully saturated rings. The SMILES string of the molecule is C[N+](C)(C)Cc1ccccc1.C[Si]1([O-])CCCCO1. The molecule has 0 spiro atoms. The summed E-state index contributed by atoms with van der Waals surface area (Å²) in [6.45, 7) is 3.55. The molecule has 1 aromatic rings. The zero-order valence-corrected chi connectivity index (χ0v) is 13.7. The number of hydrogen-bond donors (Lipinski definition) is 0. The maximum atomic E-state index is 11.0. The number of quaternary nitrogens is 1. The Balaban J connectivity index is 0.000000200. The van der Waals surface area contributed by atoms with E-state index in [0.29, 0.717) is 6.61 Å². The van der Waals surface area contributed by atoms with Crippen LogP contribution in [0.1, 0.15) is 18.4 Å². The second-order valence-electron chi connectivity index (χ2n) is 6.37. The molecule has 19 heavy (non-hydrogen) atoms. The minimum atomic E-state index is -2.34. The van der Waals surface area contributed by atoms with E-state index >= 15 is 0 Å². The van der Waals surface area contributed by atoms with Gasteiger partial charge in [0.25, 0.3) is 0 Å². The molecular weight excluding hydrogens is 254 g/mol. The second kappa shape index (κ2) is 7.19. The maximum Gasteiger partial charge on any atom is 0.104 e. The summed E-state index contributed by atoms with van der Waals surface area (Å²) >= 11 is 0. The standard InChI is InChI=1S/C10H16N.C5H11O2Si/c1-11(2,3)9-10-7-5-4-6-8-10;1-8(6)5-3-2-4-7-8/h4-8H,9H2,1-3H3;2-5H2,1H3/q+1;-1. The predicted molar refractivity (Wildman–Crippen MR) is 79.8 cm³/mol. The molecule has 1 unspecified atom stereocenters. The molecule has 1 atom stereocenters. The zero-order valence-electron chi connectivity index (χ0n) is 12.7. The minimum Gasteiger partial charge on any atom is -0.838 e. The largest absolute Gasteiger partial charge is 0.838 e. The van der Waals surface area contributed by atoms with Crippen LogP contribution in [0.5, 0.6) is 0 Å². The predicted octanol–water partition coefficient (Wildman–Crippen LogP) is 2.12. The lowest BCUT2D eigenvalue weighted by Gasteiger charge is -2.37. The Bertz CT molecular complexity index is 352. The third-order valence-electron chi connectivity index (χ3n) is 2.93. The molecule has 0 aromatic heterocycles. The molecule has 0 bridgehead atoms. The first-order chi connectivity index (χ1) is 8.79. The Morgan fingerprint density at radius 3 is 2.16 bits per heavy atom. The first kappa shape index (κ1) is 16.4. The Morgan fingerprint density at radius 1 is 1.16 bits per heavy atom. The van der Waals surface area contributed by atoms with Gasteiger partial charge in [-0.15, -0.1) is 0 Å². The summed E-state index contributed by atoms with van der Waals surface area (Å²) in [4.78, 5) is 11.0. The van der Waals surface area contributed by atoms with Crippen LogP contribution in [-0.4, -0.2) is 40.8 Å². The van der Waals surface area contributed by atoms with Crippen LogP contribution in [0, 0.1) is 0 Å². The van der Waals surface area contributed by atoms with Crippen molar-refractivity contribution in [3.8, 4) is 0 Å². The summed E-state index contributed by atoms with van der Waals surface area (Å²) in [7, 11) is 4.26. The minimum absolute atomic E-state index is 0.715. The van der Waals surface area contributed by atoms with Gasteiger partial charge < -0.3 is 13.7 Å². The van der Waals surface area contributed by atoms with Crippen molar-refractivity contribution < 1.29 is 13.7 Å². The molecule has 1 aromatic carbocycles. The normalized spacial score (nSPS) is 23.4. The highest BCUT2D eigenvalue weighted by atomic mass is 28.4. The van der Waals surface area contributed by atoms with Crippen molar-refractivity contribution in [1.29, 1.82) is 0 Å². The summed E-state index contributed by atoms with van der Waals surface area (Å²) in [6, 6.07) is 11.4. The molecule has 1 aliphatic rings. The molecule has 108 valence electrons. The lowest BCUT2D eigenvalue weighted by Crippen LogP contribution is -2.51. The van der Waals surface area contributed by atoms with Gasteiger partial charge in [-0.25, -0.2) is 0 Å². The van der Waals surface area contributed by atoms with E-state index in [1.54, 1.807) is 6.55 Å². The molecule has 1 heterocycles. The van der Waals surface area contributed by atoms with E-state index in [9.17, 15) is 4.80 Å². The lowest BCUT2D eigenvalue weighted by molar-refractivity contribution is -0.884. The van der Waals surface area contributed by atoms with Crippen molar-refractivity contribution in [3.05, 3.63) is 35.9 Å². The monoisotopic (exact) mass is 281 g/mol. The number of hydrogen-bond acceptors (Lipinski definition) is 2. The molecular formula is C15H27NO2Si. The summed E-state index contributed by atoms with van der Waals surface area (Å²) in [5.74, 6) is 0. The zero-order chi connectivity index (χ0) is 14.4. The van der Waals surface area contributed by atoms with Gasteiger partial charge in [0.05, 0.1) is 29.7 Å². The van der Waals surface area contributed by atoms with Gasteiger partial charge in [-0.1, -0.05) is 43.3 Å². The van der Waals surface area contributed by atoms with Crippen LogP contribution in [0.4, 0.5) is 0 Å². The molecule has 0 N–H and O–H groups in total. The van der Waals surface area contributed by atoms with Crippen LogP contribution in [0.15, 0.2) is 30.3 Å². The molecule has 0 radical (unpaired) electrons. The highest BCUT2D eigenvalue weighted by Crippen LogP contribution is 2.15. The van der Waals surface area contributed by atoms with E-state index < -0.39 is 8.56 Å². The van der Waals surface area contributed by atoms with E-state index in [4.69, 9.17) is 4.43 Å².